The van der Waals surface area contributed by atoms with Gasteiger partial charge in [0, 0.05) is 18.4 Å². The van der Waals surface area contributed by atoms with Crippen LogP contribution in [0.5, 0.6) is 0 Å². The van der Waals surface area contributed by atoms with Crippen molar-refractivity contribution in [3.05, 3.63) is 24.5 Å². The molecule has 1 rings (SSSR count). The molecule has 1 atom stereocenters. The maximum absolute atomic E-state index is 11.6. The molecule has 0 amide bonds. The van der Waals surface area contributed by atoms with Gasteiger partial charge in [-0.25, -0.2) is 0 Å². The normalized spacial score (nSPS) is 21.6. The molecule has 2 nitrogen and oxygen atoms in total. The average molecular weight is 194 g/mol. The largest absolute Gasteiger partial charge is 0.501 e. The highest BCUT2D eigenvalue weighted by Gasteiger charge is 2.21. The third-order valence-electron chi connectivity index (χ3n) is 2.67. The molecule has 0 heterocycles. The molecule has 0 aromatic rings. The Balaban J connectivity index is 2.39. The Morgan fingerprint density at radius 3 is 3.07 bits per heavy atom. The maximum atomic E-state index is 11.6. The van der Waals surface area contributed by atoms with Crippen LogP contribution in [0.1, 0.15) is 32.1 Å². The molecule has 0 saturated carbocycles. The molecular weight excluding hydrogens is 176 g/mol. The van der Waals surface area contributed by atoms with Crippen molar-refractivity contribution in [3.63, 3.8) is 0 Å². The molecule has 0 spiro atoms. The fourth-order valence-corrected chi connectivity index (χ4v) is 1.76. The van der Waals surface area contributed by atoms with E-state index in [4.69, 9.17) is 4.74 Å². The van der Waals surface area contributed by atoms with Crippen LogP contribution < -0.4 is 0 Å². The van der Waals surface area contributed by atoms with Crippen LogP contribution >= 0.6 is 0 Å². The molecule has 0 aromatic heterocycles. The highest BCUT2D eigenvalue weighted by Crippen LogP contribution is 2.25. The second-order valence-electron chi connectivity index (χ2n) is 3.67. The topological polar surface area (TPSA) is 26.3 Å². The summed E-state index contributed by atoms with van der Waals surface area (Å²) >= 11 is 0. The van der Waals surface area contributed by atoms with Gasteiger partial charge in [0.2, 0.25) is 0 Å². The van der Waals surface area contributed by atoms with Crippen LogP contribution in [-0.2, 0) is 9.53 Å². The zero-order valence-corrected chi connectivity index (χ0v) is 8.79. The van der Waals surface area contributed by atoms with E-state index >= 15 is 0 Å². The second kappa shape index (κ2) is 5.63. The van der Waals surface area contributed by atoms with Crippen LogP contribution in [0, 0.1) is 5.92 Å². The lowest BCUT2D eigenvalue weighted by atomic mass is 9.88. The number of allylic oxidation sites excluding steroid dienone is 3. The number of ketones is 1. The Hall–Kier alpha value is -1.05. The van der Waals surface area contributed by atoms with E-state index in [1.54, 1.807) is 13.2 Å². The lowest BCUT2D eigenvalue weighted by Crippen LogP contribution is -2.17. The third kappa shape index (κ3) is 3.02. The smallest absolute Gasteiger partial charge is 0.162 e. The summed E-state index contributed by atoms with van der Waals surface area (Å²) in [6.07, 6.45) is 8.46. The molecule has 78 valence electrons. The Bertz CT molecular complexity index is 241. The first-order valence-corrected chi connectivity index (χ1v) is 5.17. The molecule has 1 aliphatic carbocycles. The average Bonchev–Trinajstić information content (AvgIpc) is 2.20. The van der Waals surface area contributed by atoms with Gasteiger partial charge in [0.1, 0.15) is 0 Å². The highest BCUT2D eigenvalue weighted by molar-refractivity contribution is 5.92. The first kappa shape index (κ1) is 11.0. The van der Waals surface area contributed by atoms with Gasteiger partial charge in [-0.1, -0.05) is 6.08 Å². The van der Waals surface area contributed by atoms with Gasteiger partial charge in [-0.3, -0.25) is 4.79 Å². The molecule has 0 saturated heterocycles. The van der Waals surface area contributed by atoms with E-state index in [1.165, 1.54) is 0 Å². The second-order valence-corrected chi connectivity index (χ2v) is 3.67. The van der Waals surface area contributed by atoms with Crippen LogP contribution in [0.4, 0.5) is 0 Å². The van der Waals surface area contributed by atoms with E-state index in [2.05, 4.69) is 6.58 Å². The number of carbonyl (C=O) groups is 1. The molecule has 2 heteroatoms. The number of hydrogen-bond acceptors (Lipinski definition) is 2. The Kier molecular flexibility index (Phi) is 4.44. The molecule has 0 N–H and O–H groups in total. The van der Waals surface area contributed by atoms with Gasteiger partial charge in [0.25, 0.3) is 0 Å². The van der Waals surface area contributed by atoms with Gasteiger partial charge >= 0.3 is 0 Å². The fraction of sp³-hybridized carbons (Fsp3) is 0.583. The molecule has 1 unspecified atom stereocenters. The summed E-state index contributed by atoms with van der Waals surface area (Å²) < 4.78 is 5.06. The van der Waals surface area contributed by atoms with E-state index in [1.807, 2.05) is 6.08 Å². The standard InChI is InChI=1S/C12H18O2/c1-3-4-5-6-10-7-8-11(14-2)9-12(10)13/h3,9-10H,1,4-8H2,2H3. The van der Waals surface area contributed by atoms with Crippen LogP contribution in [0.25, 0.3) is 0 Å². The fourth-order valence-electron chi connectivity index (χ4n) is 1.76. The summed E-state index contributed by atoms with van der Waals surface area (Å²) in [5.41, 5.74) is 0. The van der Waals surface area contributed by atoms with E-state index in [0.29, 0.717) is 0 Å². The number of unbranched alkanes of at least 4 members (excludes halogenated alkanes) is 1. The predicted octanol–water partition coefficient (Wildman–Crippen LogP) is 2.85. The molecule has 0 aliphatic heterocycles. The van der Waals surface area contributed by atoms with Crippen molar-refractivity contribution >= 4 is 5.78 Å². The Morgan fingerprint density at radius 1 is 1.71 bits per heavy atom. The van der Waals surface area contributed by atoms with Crippen molar-refractivity contribution < 1.29 is 9.53 Å². The maximum Gasteiger partial charge on any atom is 0.162 e. The van der Waals surface area contributed by atoms with E-state index in [9.17, 15) is 4.79 Å². The molecule has 0 radical (unpaired) electrons. The lowest BCUT2D eigenvalue weighted by molar-refractivity contribution is -0.119. The van der Waals surface area contributed by atoms with Crippen molar-refractivity contribution in [1.29, 1.82) is 0 Å². The van der Waals surface area contributed by atoms with Gasteiger partial charge in [-0.15, -0.1) is 6.58 Å². The molecule has 0 aromatic carbocycles. The van der Waals surface area contributed by atoms with Crippen LogP contribution in [-0.4, -0.2) is 12.9 Å². The molecular formula is C12H18O2. The van der Waals surface area contributed by atoms with E-state index < -0.39 is 0 Å². The first-order chi connectivity index (χ1) is 6.77. The summed E-state index contributed by atoms with van der Waals surface area (Å²) in [6.45, 7) is 3.67. The lowest BCUT2D eigenvalue weighted by Gasteiger charge is -2.19. The van der Waals surface area contributed by atoms with E-state index in [0.717, 1.165) is 37.9 Å². The first-order valence-electron chi connectivity index (χ1n) is 5.17. The van der Waals surface area contributed by atoms with Crippen LogP contribution in [0.15, 0.2) is 24.5 Å². The number of ether oxygens (including phenoxy) is 1. The van der Waals surface area contributed by atoms with Crippen LogP contribution in [0.3, 0.4) is 0 Å². The van der Waals surface area contributed by atoms with Gasteiger partial charge in [-0.2, -0.15) is 0 Å². The number of rotatable bonds is 5. The number of carbonyl (C=O) groups excluding carboxylic acids is 1. The van der Waals surface area contributed by atoms with Gasteiger partial charge < -0.3 is 4.74 Å². The van der Waals surface area contributed by atoms with Crippen molar-refractivity contribution in [2.24, 2.45) is 5.92 Å². The monoisotopic (exact) mass is 194 g/mol. The van der Waals surface area contributed by atoms with Crippen molar-refractivity contribution in [3.8, 4) is 0 Å². The number of hydrogen-bond donors (Lipinski definition) is 0. The molecule has 0 fully saturated rings. The number of methoxy groups -OCH3 is 1. The Morgan fingerprint density at radius 2 is 2.50 bits per heavy atom. The predicted molar refractivity (Wildman–Crippen MR) is 56.9 cm³/mol. The van der Waals surface area contributed by atoms with Crippen molar-refractivity contribution in [1.82, 2.24) is 0 Å². The zero-order chi connectivity index (χ0) is 10.4. The quantitative estimate of drug-likeness (QED) is 0.497. The summed E-state index contributed by atoms with van der Waals surface area (Å²) in [7, 11) is 1.62. The molecule has 14 heavy (non-hydrogen) atoms. The van der Waals surface area contributed by atoms with Gasteiger partial charge in [0.15, 0.2) is 5.78 Å². The summed E-state index contributed by atoms with van der Waals surface area (Å²) in [4.78, 5) is 11.6. The molecule has 0 bridgehead atoms. The minimum absolute atomic E-state index is 0.217. The van der Waals surface area contributed by atoms with Gasteiger partial charge in [-0.05, 0) is 25.7 Å². The van der Waals surface area contributed by atoms with E-state index in [-0.39, 0.29) is 11.7 Å². The minimum Gasteiger partial charge on any atom is -0.501 e. The summed E-state index contributed by atoms with van der Waals surface area (Å²) in [5, 5.41) is 0. The summed E-state index contributed by atoms with van der Waals surface area (Å²) in [5.74, 6) is 1.28. The SMILES string of the molecule is C=CCCCC1CCC(OC)=CC1=O. The van der Waals surface area contributed by atoms with Gasteiger partial charge in [0.05, 0.1) is 12.9 Å². The molecule has 1 aliphatic rings. The van der Waals surface area contributed by atoms with Crippen molar-refractivity contribution in [2.75, 3.05) is 7.11 Å². The Labute approximate surface area is 85.6 Å². The highest BCUT2D eigenvalue weighted by atomic mass is 16.5. The summed E-state index contributed by atoms with van der Waals surface area (Å²) in [6, 6.07) is 0. The zero-order valence-electron chi connectivity index (χ0n) is 8.79. The van der Waals surface area contributed by atoms with Crippen molar-refractivity contribution in [2.45, 2.75) is 32.1 Å². The third-order valence-corrected chi connectivity index (χ3v) is 2.67. The minimum atomic E-state index is 0.217. The van der Waals surface area contributed by atoms with Crippen LogP contribution in [0.2, 0.25) is 0 Å².